The number of anilines is 1. The van der Waals surface area contributed by atoms with Crippen LogP contribution in [0, 0.1) is 0 Å². The molecule has 0 spiro atoms. The van der Waals surface area contributed by atoms with E-state index in [0.29, 0.717) is 13.3 Å². The van der Waals surface area contributed by atoms with E-state index in [1.54, 1.807) is 38.5 Å². The van der Waals surface area contributed by atoms with E-state index in [-0.39, 0.29) is 24.4 Å². The summed E-state index contributed by atoms with van der Waals surface area (Å²) in [6.07, 6.45) is 1.17. The normalized spacial score (nSPS) is 17.2. The Hall–Kier alpha value is -2.65. The number of rotatable bonds is 13. The van der Waals surface area contributed by atoms with Crippen LogP contribution >= 0.6 is 0 Å². The van der Waals surface area contributed by atoms with E-state index in [1.807, 2.05) is 18.2 Å². The Labute approximate surface area is 189 Å². The largest absolute Gasteiger partial charge is 0.478 e. The van der Waals surface area contributed by atoms with Crippen molar-refractivity contribution in [3.05, 3.63) is 59.7 Å². The van der Waals surface area contributed by atoms with Crippen LogP contribution in [0.25, 0.3) is 0 Å². The summed E-state index contributed by atoms with van der Waals surface area (Å²) in [5, 5.41) is 12.6. The summed E-state index contributed by atoms with van der Waals surface area (Å²) in [6.45, 7) is 3.91. The second kappa shape index (κ2) is 12.4. The number of hydrogen-bond acceptors (Lipinski definition) is 7. The molecule has 0 amide bonds. The van der Waals surface area contributed by atoms with Crippen LogP contribution in [-0.4, -0.2) is 76.1 Å². The van der Waals surface area contributed by atoms with Crippen molar-refractivity contribution in [3.63, 3.8) is 0 Å². The van der Waals surface area contributed by atoms with Crippen LogP contribution in [0.1, 0.15) is 28.3 Å². The molecule has 1 saturated heterocycles. The van der Waals surface area contributed by atoms with Crippen LogP contribution in [0.4, 0.5) is 5.69 Å². The van der Waals surface area contributed by atoms with E-state index in [0.717, 1.165) is 43.1 Å². The van der Waals surface area contributed by atoms with Crippen molar-refractivity contribution in [2.75, 3.05) is 59.3 Å². The highest BCUT2D eigenvalue weighted by Crippen LogP contribution is 2.25. The minimum absolute atomic E-state index is 0.184. The van der Waals surface area contributed by atoms with Gasteiger partial charge in [-0.2, -0.15) is 0 Å². The molecule has 2 aromatic carbocycles. The van der Waals surface area contributed by atoms with E-state index >= 15 is 0 Å². The number of carbonyl (C=O) groups is 1. The minimum atomic E-state index is -0.929. The van der Waals surface area contributed by atoms with Crippen molar-refractivity contribution in [2.24, 2.45) is 0 Å². The number of ether oxygens (including phenoxy) is 4. The molecular weight excluding hydrogens is 412 g/mol. The van der Waals surface area contributed by atoms with Crippen molar-refractivity contribution in [1.29, 1.82) is 0 Å². The van der Waals surface area contributed by atoms with Crippen LogP contribution in [0.5, 0.6) is 5.75 Å². The maximum atomic E-state index is 11.1. The summed E-state index contributed by atoms with van der Waals surface area (Å²) in [4.78, 5) is 13.5. The fourth-order valence-corrected chi connectivity index (χ4v) is 3.82. The standard InChI is InChI=1S/C24H32N2O6/c1-29-16-31-22-5-3-4-19(12-22)20(14-26-11-10-23(15-26)32-17-30-2)13-25-21-8-6-18(7-9-21)24(27)28/h3-9,12,20,23,25H,10-11,13-17H2,1-2H3,(H,27,28)/t20-,23+/m1/s1. The third-order valence-electron chi connectivity index (χ3n) is 5.49. The molecular formula is C24H32N2O6. The van der Waals surface area contributed by atoms with Crippen LogP contribution in [-0.2, 0) is 14.2 Å². The van der Waals surface area contributed by atoms with Gasteiger partial charge in [-0.3, -0.25) is 4.90 Å². The van der Waals surface area contributed by atoms with E-state index in [9.17, 15) is 4.79 Å². The van der Waals surface area contributed by atoms with E-state index in [4.69, 9.17) is 24.1 Å². The average Bonchev–Trinajstić information content (AvgIpc) is 3.26. The van der Waals surface area contributed by atoms with Gasteiger partial charge in [0.15, 0.2) is 6.79 Å². The monoisotopic (exact) mass is 444 g/mol. The molecule has 8 heteroatoms. The highest BCUT2D eigenvalue weighted by molar-refractivity contribution is 5.87. The van der Waals surface area contributed by atoms with E-state index < -0.39 is 5.97 Å². The summed E-state index contributed by atoms with van der Waals surface area (Å²) in [5.74, 6) is 0.0332. The van der Waals surface area contributed by atoms with E-state index in [1.165, 1.54) is 0 Å². The second-order valence-corrected chi connectivity index (χ2v) is 7.83. The lowest BCUT2D eigenvalue weighted by atomic mass is 9.98. The maximum Gasteiger partial charge on any atom is 0.335 e. The Balaban J connectivity index is 1.68. The molecule has 2 N–H and O–H groups in total. The third kappa shape index (κ3) is 7.20. The second-order valence-electron chi connectivity index (χ2n) is 7.83. The van der Waals surface area contributed by atoms with Crippen molar-refractivity contribution in [1.82, 2.24) is 4.90 Å². The number of methoxy groups -OCH3 is 2. The number of nitrogens with zero attached hydrogens (tertiary/aromatic N) is 1. The van der Waals surface area contributed by atoms with Crippen molar-refractivity contribution >= 4 is 11.7 Å². The highest BCUT2D eigenvalue weighted by atomic mass is 16.7. The lowest BCUT2D eigenvalue weighted by molar-refractivity contribution is -0.0671. The minimum Gasteiger partial charge on any atom is -0.478 e. The molecule has 1 fully saturated rings. The molecule has 0 unspecified atom stereocenters. The molecule has 1 aliphatic heterocycles. The topological polar surface area (TPSA) is 89.5 Å². The van der Waals surface area contributed by atoms with E-state index in [2.05, 4.69) is 16.3 Å². The Morgan fingerprint density at radius 1 is 1.16 bits per heavy atom. The third-order valence-corrected chi connectivity index (χ3v) is 5.49. The molecule has 1 aliphatic rings. The molecule has 0 saturated carbocycles. The maximum absolute atomic E-state index is 11.1. The lowest BCUT2D eigenvalue weighted by Gasteiger charge is -2.25. The first-order valence-electron chi connectivity index (χ1n) is 10.7. The number of aromatic carboxylic acids is 1. The molecule has 2 aromatic rings. The quantitative estimate of drug-likeness (QED) is 0.455. The number of carboxylic acids is 1. The molecule has 1 heterocycles. The lowest BCUT2D eigenvalue weighted by Crippen LogP contribution is -2.31. The molecule has 3 rings (SSSR count). The first-order valence-corrected chi connectivity index (χ1v) is 10.7. The van der Waals surface area contributed by atoms with Crippen LogP contribution < -0.4 is 10.1 Å². The highest BCUT2D eigenvalue weighted by Gasteiger charge is 2.26. The van der Waals surface area contributed by atoms with Gasteiger partial charge in [0.2, 0.25) is 0 Å². The van der Waals surface area contributed by atoms with Gasteiger partial charge in [0.25, 0.3) is 0 Å². The van der Waals surface area contributed by atoms with Gasteiger partial charge in [0, 0.05) is 52.0 Å². The zero-order chi connectivity index (χ0) is 22.8. The van der Waals surface area contributed by atoms with Gasteiger partial charge < -0.3 is 29.4 Å². The van der Waals surface area contributed by atoms with Gasteiger partial charge >= 0.3 is 5.97 Å². The average molecular weight is 445 g/mol. The number of nitrogens with one attached hydrogen (secondary N) is 1. The predicted molar refractivity (Wildman–Crippen MR) is 121 cm³/mol. The van der Waals surface area contributed by atoms with Crippen LogP contribution in [0.3, 0.4) is 0 Å². The molecule has 0 radical (unpaired) electrons. The first kappa shape index (κ1) is 24.0. The Morgan fingerprint density at radius 2 is 1.94 bits per heavy atom. The number of hydrogen-bond donors (Lipinski definition) is 2. The summed E-state index contributed by atoms with van der Waals surface area (Å²) >= 11 is 0. The molecule has 8 nitrogen and oxygen atoms in total. The smallest absolute Gasteiger partial charge is 0.335 e. The van der Waals surface area contributed by atoms with Gasteiger partial charge in [0.05, 0.1) is 11.7 Å². The number of carboxylic acid groups (broad SMARTS) is 1. The van der Waals surface area contributed by atoms with Gasteiger partial charge in [-0.1, -0.05) is 12.1 Å². The Kier molecular flexibility index (Phi) is 9.30. The zero-order valence-electron chi connectivity index (χ0n) is 18.7. The molecule has 32 heavy (non-hydrogen) atoms. The number of benzene rings is 2. The molecule has 2 atom stereocenters. The zero-order valence-corrected chi connectivity index (χ0v) is 18.7. The molecule has 0 aliphatic carbocycles. The predicted octanol–water partition coefficient (Wildman–Crippen LogP) is 3.26. The Bertz CT molecular complexity index is 845. The van der Waals surface area contributed by atoms with Crippen molar-refractivity contribution in [3.8, 4) is 5.75 Å². The van der Waals surface area contributed by atoms with Gasteiger partial charge in [-0.15, -0.1) is 0 Å². The van der Waals surface area contributed by atoms with Gasteiger partial charge in [0.1, 0.15) is 12.5 Å². The molecule has 0 bridgehead atoms. The fourth-order valence-electron chi connectivity index (χ4n) is 3.82. The summed E-state index contributed by atoms with van der Waals surface area (Å²) < 4.78 is 21.4. The summed E-state index contributed by atoms with van der Waals surface area (Å²) in [6, 6.07) is 14.9. The molecule has 0 aromatic heterocycles. The van der Waals surface area contributed by atoms with Crippen LogP contribution in [0.15, 0.2) is 48.5 Å². The summed E-state index contributed by atoms with van der Waals surface area (Å²) in [7, 11) is 3.23. The van der Waals surface area contributed by atoms with Crippen molar-refractivity contribution < 1.29 is 28.8 Å². The van der Waals surface area contributed by atoms with Crippen molar-refractivity contribution in [2.45, 2.75) is 18.4 Å². The van der Waals surface area contributed by atoms with Gasteiger partial charge in [-0.25, -0.2) is 4.79 Å². The van der Waals surface area contributed by atoms with Crippen LogP contribution in [0.2, 0.25) is 0 Å². The molecule has 174 valence electrons. The SMILES string of the molecule is COCOc1cccc([C@H](CNc2ccc(C(=O)O)cc2)CN2CC[C@H](OCOC)C2)c1. The number of likely N-dealkylation sites (tertiary alicyclic amines) is 1. The fraction of sp³-hybridized carbons (Fsp3) is 0.458. The first-order chi connectivity index (χ1) is 15.6. The van der Waals surface area contributed by atoms with Gasteiger partial charge in [-0.05, 0) is 48.4 Å². The Morgan fingerprint density at radius 3 is 2.66 bits per heavy atom. The summed E-state index contributed by atoms with van der Waals surface area (Å²) in [5.41, 5.74) is 2.32.